The molecule has 0 aliphatic carbocycles. The molecule has 2 aromatic carbocycles. The fraction of sp³-hybridized carbons (Fsp3) is 0.105. The topological polar surface area (TPSA) is 178 Å². The Hall–Kier alpha value is -1.59. The summed E-state index contributed by atoms with van der Waals surface area (Å²) < 4.78 is 65.4. The minimum absolute atomic E-state index is 0. The zero-order chi connectivity index (χ0) is 24.3. The van der Waals surface area contributed by atoms with Crippen molar-refractivity contribution >= 4 is 56.5 Å². The SMILES string of the molecule is CNc1ccc(C=C2C(=O)N(c3cc(OS(=O)[O-])cc(S(=O)(=O)[O-])c3)N=C2C(=O)OC)cc1.[Na+].[Na+]. The van der Waals surface area contributed by atoms with Gasteiger partial charge in [0.15, 0.2) is 5.71 Å². The number of esters is 1. The molecule has 0 saturated carbocycles. The molecule has 0 saturated heterocycles. The molecule has 3 rings (SSSR count). The molecule has 0 aromatic heterocycles. The molecule has 35 heavy (non-hydrogen) atoms. The van der Waals surface area contributed by atoms with Gasteiger partial charge in [-0.2, -0.15) is 10.1 Å². The summed E-state index contributed by atoms with van der Waals surface area (Å²) in [6.07, 6.45) is 1.37. The second kappa shape index (κ2) is 13.1. The molecule has 1 unspecified atom stereocenters. The number of carbonyl (C=O) groups is 2. The monoisotopic (exact) mass is 539 g/mol. The number of hydrogen-bond donors (Lipinski definition) is 1. The van der Waals surface area contributed by atoms with E-state index in [9.17, 15) is 31.3 Å². The van der Waals surface area contributed by atoms with Crippen LogP contribution in [0.4, 0.5) is 11.4 Å². The van der Waals surface area contributed by atoms with Crippen molar-refractivity contribution in [3.63, 3.8) is 0 Å². The molecule has 1 amide bonds. The van der Waals surface area contributed by atoms with Crippen LogP contribution in [0.25, 0.3) is 6.08 Å². The Balaban J connectivity index is 0.00000306. The first-order valence-corrected chi connectivity index (χ1v) is 11.3. The zero-order valence-electron chi connectivity index (χ0n) is 19.0. The Labute approximate surface area is 247 Å². The van der Waals surface area contributed by atoms with Crippen molar-refractivity contribution in [2.45, 2.75) is 4.90 Å². The van der Waals surface area contributed by atoms with E-state index in [1.54, 1.807) is 31.3 Å². The summed E-state index contributed by atoms with van der Waals surface area (Å²) in [7, 11) is -2.26. The maximum Gasteiger partial charge on any atom is 1.00 e. The molecule has 0 fully saturated rings. The zero-order valence-corrected chi connectivity index (χ0v) is 24.6. The van der Waals surface area contributed by atoms with Gasteiger partial charge in [-0.25, -0.2) is 17.4 Å². The van der Waals surface area contributed by atoms with E-state index in [0.29, 0.717) is 16.6 Å². The molecular weight excluding hydrogens is 524 g/mol. The van der Waals surface area contributed by atoms with Crippen LogP contribution in [0, 0.1) is 0 Å². The summed E-state index contributed by atoms with van der Waals surface area (Å²) in [6, 6.07) is 9.23. The van der Waals surface area contributed by atoms with Gasteiger partial charge in [-0.1, -0.05) is 12.1 Å². The normalized spacial score (nSPS) is 15.0. The molecule has 1 atom stereocenters. The predicted molar refractivity (Wildman–Crippen MR) is 115 cm³/mol. The summed E-state index contributed by atoms with van der Waals surface area (Å²) in [5, 5.41) is 7.47. The molecule has 1 aliphatic heterocycles. The molecule has 0 spiro atoms. The Kier molecular flexibility index (Phi) is 11.8. The number of hydrogen-bond acceptors (Lipinski definition) is 11. The van der Waals surface area contributed by atoms with Gasteiger partial charge in [0.05, 0.1) is 23.3 Å². The van der Waals surface area contributed by atoms with Crippen LogP contribution in [0.1, 0.15) is 5.56 Å². The number of carbonyl (C=O) groups excluding carboxylic acids is 2. The fourth-order valence-corrected chi connectivity index (χ4v) is 3.61. The van der Waals surface area contributed by atoms with Crippen molar-refractivity contribution in [3.05, 3.63) is 53.6 Å². The Morgan fingerprint density at radius 1 is 1.17 bits per heavy atom. The first-order chi connectivity index (χ1) is 15.5. The van der Waals surface area contributed by atoms with E-state index < -0.39 is 44.0 Å². The largest absolute Gasteiger partial charge is 1.00 e. The maximum absolute atomic E-state index is 13.1. The van der Waals surface area contributed by atoms with Gasteiger partial charge in [-0.3, -0.25) is 4.79 Å². The number of nitrogens with zero attached hydrogens (tertiary/aromatic N) is 2. The third kappa shape index (κ3) is 7.69. The van der Waals surface area contributed by atoms with Crippen LogP contribution in [0.2, 0.25) is 0 Å². The van der Waals surface area contributed by atoms with Crippen molar-refractivity contribution in [3.8, 4) is 5.75 Å². The van der Waals surface area contributed by atoms with Crippen LogP contribution in [0.15, 0.2) is 58.0 Å². The average Bonchev–Trinajstić information content (AvgIpc) is 3.08. The van der Waals surface area contributed by atoms with Crippen LogP contribution >= 0.6 is 0 Å². The first kappa shape index (κ1) is 31.4. The van der Waals surface area contributed by atoms with Crippen LogP contribution < -0.4 is 73.6 Å². The van der Waals surface area contributed by atoms with Crippen LogP contribution in [0.5, 0.6) is 5.75 Å². The minimum atomic E-state index is -5.06. The molecule has 174 valence electrons. The van der Waals surface area contributed by atoms with Crippen molar-refractivity contribution in [1.29, 1.82) is 0 Å². The number of methoxy groups -OCH3 is 1. The summed E-state index contributed by atoms with van der Waals surface area (Å²) >= 11 is -3.10. The third-order valence-corrected chi connectivity index (χ3v) is 5.47. The number of anilines is 2. The number of hydrazone groups is 1. The van der Waals surface area contributed by atoms with Gasteiger partial charge in [0, 0.05) is 18.8 Å². The van der Waals surface area contributed by atoms with Crippen LogP contribution in [-0.4, -0.2) is 53.5 Å². The van der Waals surface area contributed by atoms with Crippen molar-refractivity contribution in [1.82, 2.24) is 0 Å². The van der Waals surface area contributed by atoms with E-state index in [4.69, 9.17) is 0 Å². The van der Waals surface area contributed by atoms with Gasteiger partial charge >= 0.3 is 65.1 Å². The second-order valence-corrected chi connectivity index (χ2v) is 8.35. The van der Waals surface area contributed by atoms with Crippen molar-refractivity contribution in [2.24, 2.45) is 5.10 Å². The van der Waals surface area contributed by atoms with Gasteiger partial charge < -0.3 is 23.3 Å². The average molecular weight is 539 g/mol. The number of amides is 1. The molecule has 0 bridgehead atoms. The first-order valence-electron chi connectivity index (χ1n) is 8.93. The predicted octanol–water partition coefficient (Wildman–Crippen LogP) is -5.23. The summed E-state index contributed by atoms with van der Waals surface area (Å²) in [5.74, 6) is -2.37. The molecule has 1 heterocycles. The Bertz CT molecular complexity index is 1310. The molecule has 1 N–H and O–H groups in total. The molecule has 0 radical (unpaired) electrons. The summed E-state index contributed by atoms with van der Waals surface area (Å²) in [5.41, 5.74) is 0.456. The van der Waals surface area contributed by atoms with Crippen molar-refractivity contribution in [2.75, 3.05) is 24.5 Å². The van der Waals surface area contributed by atoms with Gasteiger partial charge in [-0.05, 0) is 35.9 Å². The van der Waals surface area contributed by atoms with E-state index in [1.165, 1.54) is 6.08 Å². The quantitative estimate of drug-likeness (QED) is 0.118. The molecule has 1 aliphatic rings. The van der Waals surface area contributed by atoms with Crippen LogP contribution in [0.3, 0.4) is 0 Å². The molecule has 2 aromatic rings. The third-order valence-electron chi connectivity index (χ3n) is 4.33. The minimum Gasteiger partial charge on any atom is -0.744 e. The molecule has 12 nitrogen and oxygen atoms in total. The van der Waals surface area contributed by atoms with Gasteiger partial charge in [-0.15, -0.1) is 0 Å². The number of rotatable bonds is 7. The standard InChI is InChI=1S/C19H17N3O9S2.2Na/c1-20-12-5-3-11(4-6-12)7-16-17(19(24)30-2)21-22(18(16)23)13-8-14(31-32(25)26)10-15(9-13)33(27,28)29;;/h3-10,20H,1-2H3,(H,25,26)(H,27,28,29);;/q;2*+1/p-2. The van der Waals surface area contributed by atoms with Gasteiger partial charge in [0.2, 0.25) is 0 Å². The fourth-order valence-electron chi connectivity index (χ4n) is 2.83. The Morgan fingerprint density at radius 3 is 2.31 bits per heavy atom. The molecular formula is C19H15N3Na2O9S2. The molecule has 16 heteroatoms. The van der Waals surface area contributed by atoms with Crippen LogP contribution in [-0.2, 0) is 35.8 Å². The second-order valence-electron chi connectivity index (χ2n) is 6.39. The maximum atomic E-state index is 13.1. The number of benzene rings is 2. The van der Waals surface area contributed by atoms with E-state index in [0.717, 1.165) is 24.9 Å². The number of nitrogens with one attached hydrogen (secondary N) is 1. The summed E-state index contributed by atoms with van der Waals surface area (Å²) in [4.78, 5) is 24.5. The van der Waals surface area contributed by atoms with Gasteiger partial charge in [0.25, 0.3) is 5.91 Å². The summed E-state index contributed by atoms with van der Waals surface area (Å²) in [6.45, 7) is 0. The smallest absolute Gasteiger partial charge is 0.744 e. The van der Waals surface area contributed by atoms with Gasteiger partial charge in [0.1, 0.15) is 27.2 Å². The van der Waals surface area contributed by atoms with Crippen molar-refractivity contribution < 1.29 is 99.4 Å². The van der Waals surface area contributed by atoms with E-state index in [1.807, 2.05) is 0 Å². The van der Waals surface area contributed by atoms with E-state index in [-0.39, 0.29) is 76.1 Å². The van der Waals surface area contributed by atoms with E-state index in [2.05, 4.69) is 19.3 Å². The van der Waals surface area contributed by atoms with E-state index >= 15 is 0 Å². The Morgan fingerprint density at radius 2 is 1.80 bits per heavy atom. The number of ether oxygens (including phenoxy) is 1.